The lowest BCUT2D eigenvalue weighted by molar-refractivity contribution is 0.0182. The smallest absolute Gasteiger partial charge is 0.261 e. The molecule has 0 aliphatic carbocycles. The van der Waals surface area contributed by atoms with E-state index in [1.54, 1.807) is 0 Å². The fourth-order valence-corrected chi connectivity index (χ4v) is 1.94. The maximum absolute atomic E-state index is 11.8. The standard InChI is InChI=1S/C11H17F2N3O2/c1-11(3-4-14-7-11)10-15-9(16-18-10)2-5-17-6-8(12)13/h8,14H,2-7H2,1H3. The van der Waals surface area contributed by atoms with Crippen LogP contribution in [-0.2, 0) is 16.6 Å². The van der Waals surface area contributed by atoms with Gasteiger partial charge in [0.1, 0.15) is 6.61 Å². The summed E-state index contributed by atoms with van der Waals surface area (Å²) in [5, 5.41) is 7.09. The van der Waals surface area contributed by atoms with Gasteiger partial charge in [0.15, 0.2) is 5.82 Å². The van der Waals surface area contributed by atoms with Crippen LogP contribution in [0.3, 0.4) is 0 Å². The minimum atomic E-state index is -2.44. The van der Waals surface area contributed by atoms with Crippen molar-refractivity contribution in [3.63, 3.8) is 0 Å². The zero-order valence-corrected chi connectivity index (χ0v) is 10.3. The van der Waals surface area contributed by atoms with Crippen molar-refractivity contribution in [3.05, 3.63) is 11.7 Å². The lowest BCUT2D eigenvalue weighted by atomic mass is 9.90. The Morgan fingerprint density at radius 1 is 1.56 bits per heavy atom. The van der Waals surface area contributed by atoms with Gasteiger partial charge < -0.3 is 14.6 Å². The lowest BCUT2D eigenvalue weighted by Crippen LogP contribution is -2.25. The van der Waals surface area contributed by atoms with Crippen molar-refractivity contribution in [2.45, 2.75) is 31.6 Å². The second-order valence-electron chi connectivity index (χ2n) is 4.72. The van der Waals surface area contributed by atoms with Crippen LogP contribution in [0.2, 0.25) is 0 Å². The summed E-state index contributed by atoms with van der Waals surface area (Å²) in [6.07, 6.45) is -1.09. The quantitative estimate of drug-likeness (QED) is 0.778. The third-order valence-corrected chi connectivity index (χ3v) is 3.07. The number of aromatic nitrogens is 2. The topological polar surface area (TPSA) is 60.2 Å². The van der Waals surface area contributed by atoms with Crippen LogP contribution in [0.5, 0.6) is 0 Å². The zero-order valence-electron chi connectivity index (χ0n) is 10.3. The monoisotopic (exact) mass is 261 g/mol. The molecule has 0 bridgehead atoms. The molecule has 1 aliphatic heterocycles. The molecule has 1 unspecified atom stereocenters. The SMILES string of the molecule is CC1(c2nc(CCOCC(F)F)no2)CCNC1. The Balaban J connectivity index is 1.83. The average Bonchev–Trinajstić information content (AvgIpc) is 2.94. The second-order valence-corrected chi connectivity index (χ2v) is 4.72. The minimum absolute atomic E-state index is 0.116. The number of nitrogens with zero attached hydrogens (tertiary/aromatic N) is 2. The van der Waals surface area contributed by atoms with Gasteiger partial charge in [0.05, 0.1) is 12.0 Å². The van der Waals surface area contributed by atoms with Crippen molar-refractivity contribution in [1.29, 1.82) is 0 Å². The lowest BCUT2D eigenvalue weighted by Gasteiger charge is -2.15. The Morgan fingerprint density at radius 2 is 2.39 bits per heavy atom. The maximum atomic E-state index is 11.8. The number of ether oxygens (including phenoxy) is 1. The van der Waals surface area contributed by atoms with Gasteiger partial charge >= 0.3 is 0 Å². The van der Waals surface area contributed by atoms with Crippen molar-refractivity contribution in [2.24, 2.45) is 0 Å². The highest BCUT2D eigenvalue weighted by atomic mass is 19.3. The number of halogens is 2. The highest BCUT2D eigenvalue weighted by molar-refractivity contribution is 5.07. The molecule has 0 aromatic carbocycles. The van der Waals surface area contributed by atoms with E-state index in [1.165, 1.54) is 0 Å². The molecular formula is C11H17F2N3O2. The molecule has 1 aliphatic rings. The van der Waals surface area contributed by atoms with Gasteiger partial charge in [0, 0.05) is 13.0 Å². The predicted molar refractivity (Wildman–Crippen MR) is 59.7 cm³/mol. The normalized spacial score (nSPS) is 24.0. The molecule has 0 saturated carbocycles. The van der Waals surface area contributed by atoms with Gasteiger partial charge in [-0.3, -0.25) is 0 Å². The van der Waals surface area contributed by atoms with Gasteiger partial charge in [0.2, 0.25) is 5.89 Å². The Hall–Kier alpha value is -1.08. The van der Waals surface area contributed by atoms with E-state index >= 15 is 0 Å². The molecule has 0 amide bonds. The summed E-state index contributed by atoms with van der Waals surface area (Å²) in [7, 11) is 0. The van der Waals surface area contributed by atoms with E-state index in [9.17, 15) is 8.78 Å². The molecule has 0 spiro atoms. The summed E-state index contributed by atoms with van der Waals surface area (Å²) in [4.78, 5) is 4.30. The van der Waals surface area contributed by atoms with Gasteiger partial charge in [-0.05, 0) is 19.9 Å². The van der Waals surface area contributed by atoms with E-state index in [-0.39, 0.29) is 12.0 Å². The minimum Gasteiger partial charge on any atom is -0.375 e. The molecular weight excluding hydrogens is 244 g/mol. The first-order valence-electron chi connectivity index (χ1n) is 6.00. The van der Waals surface area contributed by atoms with Crippen molar-refractivity contribution < 1.29 is 18.0 Å². The first-order valence-corrected chi connectivity index (χ1v) is 6.00. The molecule has 2 rings (SSSR count). The second kappa shape index (κ2) is 5.71. The molecule has 5 nitrogen and oxygen atoms in total. The summed E-state index contributed by atoms with van der Waals surface area (Å²) in [5.74, 6) is 1.11. The zero-order chi connectivity index (χ0) is 13.0. The molecule has 0 radical (unpaired) electrons. The number of hydrogen-bond acceptors (Lipinski definition) is 5. The molecule has 18 heavy (non-hydrogen) atoms. The predicted octanol–water partition coefficient (Wildman–Crippen LogP) is 1.14. The molecule has 1 aromatic rings. The van der Waals surface area contributed by atoms with E-state index in [0.29, 0.717) is 18.1 Å². The molecule has 7 heteroatoms. The third kappa shape index (κ3) is 3.23. The van der Waals surface area contributed by atoms with Crippen LogP contribution < -0.4 is 5.32 Å². The van der Waals surface area contributed by atoms with Crippen LogP contribution >= 0.6 is 0 Å². The van der Waals surface area contributed by atoms with Gasteiger partial charge in [-0.25, -0.2) is 8.78 Å². The van der Waals surface area contributed by atoms with Crippen LogP contribution in [0.4, 0.5) is 8.78 Å². The van der Waals surface area contributed by atoms with Gasteiger partial charge in [-0.2, -0.15) is 4.98 Å². The fourth-order valence-electron chi connectivity index (χ4n) is 1.94. The number of hydrogen-bond donors (Lipinski definition) is 1. The van der Waals surface area contributed by atoms with Crippen molar-refractivity contribution >= 4 is 0 Å². The van der Waals surface area contributed by atoms with E-state index in [1.807, 2.05) is 0 Å². The number of alkyl halides is 2. The Morgan fingerprint density at radius 3 is 3.06 bits per heavy atom. The highest BCUT2D eigenvalue weighted by Crippen LogP contribution is 2.28. The van der Waals surface area contributed by atoms with Gasteiger partial charge in [-0.15, -0.1) is 0 Å². The molecule has 1 aromatic heterocycles. The molecule has 102 valence electrons. The first kappa shape index (κ1) is 13.4. The molecule has 1 atom stereocenters. The van der Waals surface area contributed by atoms with Gasteiger partial charge in [0.25, 0.3) is 6.43 Å². The van der Waals surface area contributed by atoms with E-state index < -0.39 is 13.0 Å². The number of rotatable bonds is 6. The molecule has 1 fully saturated rings. The number of nitrogens with one attached hydrogen (secondary N) is 1. The fraction of sp³-hybridized carbons (Fsp3) is 0.818. The van der Waals surface area contributed by atoms with Crippen LogP contribution in [-0.4, -0.2) is 42.9 Å². The Kier molecular flexibility index (Phi) is 4.23. The third-order valence-electron chi connectivity index (χ3n) is 3.07. The maximum Gasteiger partial charge on any atom is 0.261 e. The van der Waals surface area contributed by atoms with Crippen LogP contribution in [0.15, 0.2) is 4.52 Å². The highest BCUT2D eigenvalue weighted by Gasteiger charge is 2.36. The van der Waals surface area contributed by atoms with Crippen LogP contribution in [0.1, 0.15) is 25.1 Å². The van der Waals surface area contributed by atoms with E-state index in [0.717, 1.165) is 19.5 Å². The average molecular weight is 261 g/mol. The summed E-state index contributed by atoms with van der Waals surface area (Å²) < 4.78 is 33.7. The summed E-state index contributed by atoms with van der Waals surface area (Å²) in [5.41, 5.74) is -0.116. The largest absolute Gasteiger partial charge is 0.375 e. The van der Waals surface area contributed by atoms with Crippen molar-refractivity contribution in [2.75, 3.05) is 26.3 Å². The van der Waals surface area contributed by atoms with E-state index in [2.05, 4.69) is 22.4 Å². The molecule has 1 N–H and O–H groups in total. The van der Waals surface area contributed by atoms with Crippen molar-refractivity contribution in [3.8, 4) is 0 Å². The van der Waals surface area contributed by atoms with Gasteiger partial charge in [-0.1, -0.05) is 5.16 Å². The molecule has 2 heterocycles. The summed E-state index contributed by atoms with van der Waals surface area (Å²) in [6.45, 7) is 3.45. The van der Waals surface area contributed by atoms with E-state index in [4.69, 9.17) is 9.26 Å². The van der Waals surface area contributed by atoms with Crippen molar-refractivity contribution in [1.82, 2.24) is 15.5 Å². The summed E-state index contributed by atoms with van der Waals surface area (Å²) in [6, 6.07) is 0. The Bertz CT molecular complexity index is 378. The Labute approximate surface area is 104 Å². The first-order chi connectivity index (χ1) is 8.60. The van der Waals surface area contributed by atoms with Crippen LogP contribution in [0.25, 0.3) is 0 Å². The summed E-state index contributed by atoms with van der Waals surface area (Å²) >= 11 is 0. The molecule has 1 saturated heterocycles. The van der Waals surface area contributed by atoms with Crippen LogP contribution in [0, 0.1) is 0 Å².